The lowest BCUT2D eigenvalue weighted by Gasteiger charge is -2.12. The average molecular weight is 234 g/mol. The van der Waals surface area contributed by atoms with Gasteiger partial charge in [-0.05, 0) is 19.3 Å². The molecule has 0 atom stereocenters. The Hall–Kier alpha value is -0.110. The van der Waals surface area contributed by atoms with Crippen LogP contribution in [0.4, 0.5) is 0 Å². The van der Waals surface area contributed by atoms with E-state index in [1.165, 1.54) is 33.5 Å². The molecule has 0 amide bonds. The molecule has 0 saturated heterocycles. The molecule has 0 saturated carbocycles. The number of allylic oxidation sites excluding steroid dienone is 1. The Morgan fingerprint density at radius 2 is 1.60 bits per heavy atom. The van der Waals surface area contributed by atoms with Crippen LogP contribution in [0.15, 0.2) is 12.7 Å². The van der Waals surface area contributed by atoms with Crippen LogP contribution in [0.25, 0.3) is 0 Å². The van der Waals surface area contributed by atoms with Gasteiger partial charge in [0, 0.05) is 14.2 Å². The number of rotatable bonds is 10. The summed E-state index contributed by atoms with van der Waals surface area (Å²) in [7, 11) is 0.119. The number of hydrogen-bond acceptors (Lipinski definition) is 3. The summed E-state index contributed by atoms with van der Waals surface area (Å²) in [6, 6.07) is 0. The Balaban J connectivity index is 3.37. The molecule has 90 valence electrons. The third-order valence-corrected chi connectivity index (χ3v) is 4.37. The molecule has 0 fully saturated rings. The fourth-order valence-electron chi connectivity index (χ4n) is 1.38. The highest BCUT2D eigenvalue weighted by Gasteiger charge is 2.19. The first-order valence-corrected chi connectivity index (χ1v) is 7.22. The molecule has 0 aliphatic heterocycles. The second-order valence-electron chi connectivity index (χ2n) is 3.54. The highest BCUT2D eigenvalue weighted by Crippen LogP contribution is 2.47. The summed E-state index contributed by atoms with van der Waals surface area (Å²) in [5, 5.41) is 0. The molecule has 0 heterocycles. The number of hydrogen-bond donors (Lipinski definition) is 0. The maximum absolute atomic E-state index is 11.6. The normalized spacial score (nSPS) is 11.6. The van der Waals surface area contributed by atoms with Crippen LogP contribution in [0, 0.1) is 0 Å². The van der Waals surface area contributed by atoms with Crippen LogP contribution in [-0.4, -0.2) is 20.4 Å². The molecule has 0 aromatic heterocycles. The third-order valence-electron chi connectivity index (χ3n) is 2.40. The quantitative estimate of drug-likeness (QED) is 0.325. The lowest BCUT2D eigenvalue weighted by molar-refractivity contribution is 0.275. The SMILES string of the molecule is C=CCCCCCCCP(=O)(OC)OC. The molecule has 0 aromatic rings. The van der Waals surface area contributed by atoms with Crippen LogP contribution in [0.1, 0.15) is 38.5 Å². The summed E-state index contributed by atoms with van der Waals surface area (Å²) in [5.41, 5.74) is 0. The van der Waals surface area contributed by atoms with E-state index in [4.69, 9.17) is 9.05 Å². The second kappa shape index (κ2) is 9.14. The minimum atomic E-state index is -2.76. The van der Waals surface area contributed by atoms with Crippen LogP contribution < -0.4 is 0 Å². The fraction of sp³-hybridized carbons (Fsp3) is 0.818. The fourth-order valence-corrected chi connectivity index (χ4v) is 2.51. The molecular weight excluding hydrogens is 211 g/mol. The Labute approximate surface area is 93.4 Å². The summed E-state index contributed by atoms with van der Waals surface area (Å²) in [6.07, 6.45) is 9.17. The van der Waals surface area contributed by atoms with Gasteiger partial charge in [-0.25, -0.2) is 0 Å². The Morgan fingerprint density at radius 1 is 1.07 bits per heavy atom. The van der Waals surface area contributed by atoms with E-state index >= 15 is 0 Å². The summed E-state index contributed by atoms with van der Waals surface area (Å²) in [6.45, 7) is 3.68. The van der Waals surface area contributed by atoms with E-state index in [9.17, 15) is 4.57 Å². The highest BCUT2D eigenvalue weighted by atomic mass is 31.2. The molecule has 0 aliphatic carbocycles. The smallest absolute Gasteiger partial charge is 0.312 e. The zero-order chi connectivity index (χ0) is 11.6. The van der Waals surface area contributed by atoms with Crippen LogP contribution in [-0.2, 0) is 13.6 Å². The second-order valence-corrected chi connectivity index (χ2v) is 5.94. The molecule has 0 unspecified atom stereocenters. The first kappa shape index (κ1) is 14.9. The van der Waals surface area contributed by atoms with E-state index in [0.717, 1.165) is 19.3 Å². The van der Waals surface area contributed by atoms with E-state index in [2.05, 4.69) is 6.58 Å². The highest BCUT2D eigenvalue weighted by molar-refractivity contribution is 7.53. The van der Waals surface area contributed by atoms with Crippen molar-refractivity contribution in [2.45, 2.75) is 38.5 Å². The first-order chi connectivity index (χ1) is 7.18. The topological polar surface area (TPSA) is 35.5 Å². The van der Waals surface area contributed by atoms with Gasteiger partial charge in [0.05, 0.1) is 6.16 Å². The molecule has 3 nitrogen and oxygen atoms in total. The zero-order valence-electron chi connectivity index (χ0n) is 9.91. The van der Waals surface area contributed by atoms with Crippen molar-refractivity contribution in [2.75, 3.05) is 20.4 Å². The molecule has 0 spiro atoms. The van der Waals surface area contributed by atoms with Gasteiger partial charge >= 0.3 is 7.60 Å². The molecular formula is C11H23O3P. The first-order valence-electron chi connectivity index (χ1n) is 5.50. The van der Waals surface area contributed by atoms with E-state index in [0.29, 0.717) is 6.16 Å². The van der Waals surface area contributed by atoms with Gasteiger partial charge < -0.3 is 9.05 Å². The lowest BCUT2D eigenvalue weighted by atomic mass is 10.1. The zero-order valence-corrected chi connectivity index (χ0v) is 10.8. The van der Waals surface area contributed by atoms with Gasteiger partial charge in [0.1, 0.15) is 0 Å². The monoisotopic (exact) mass is 234 g/mol. The van der Waals surface area contributed by atoms with Gasteiger partial charge in [-0.15, -0.1) is 6.58 Å². The predicted molar refractivity (Wildman–Crippen MR) is 64.4 cm³/mol. The summed E-state index contributed by atoms with van der Waals surface area (Å²) < 4.78 is 21.3. The molecule has 0 aliphatic rings. The van der Waals surface area contributed by atoms with Crippen LogP contribution in [0.2, 0.25) is 0 Å². The Bertz CT molecular complexity index is 196. The van der Waals surface area contributed by atoms with Gasteiger partial charge in [-0.1, -0.05) is 25.3 Å². The van der Waals surface area contributed by atoms with Crippen LogP contribution in [0.5, 0.6) is 0 Å². The van der Waals surface area contributed by atoms with E-state index in [1.807, 2.05) is 6.08 Å². The molecule has 0 aromatic carbocycles. The molecule has 0 radical (unpaired) electrons. The van der Waals surface area contributed by atoms with Crippen molar-refractivity contribution in [3.63, 3.8) is 0 Å². The Kier molecular flexibility index (Phi) is 9.07. The summed E-state index contributed by atoms with van der Waals surface area (Å²) in [4.78, 5) is 0. The van der Waals surface area contributed by atoms with Crippen molar-refractivity contribution >= 4 is 7.60 Å². The van der Waals surface area contributed by atoms with Crippen LogP contribution in [0.3, 0.4) is 0 Å². The largest absolute Gasteiger partial charge is 0.330 e. The van der Waals surface area contributed by atoms with Gasteiger partial charge in [0.2, 0.25) is 0 Å². The van der Waals surface area contributed by atoms with Crippen molar-refractivity contribution in [3.05, 3.63) is 12.7 Å². The van der Waals surface area contributed by atoms with Gasteiger partial charge in [-0.2, -0.15) is 0 Å². The van der Waals surface area contributed by atoms with Gasteiger partial charge in [0.15, 0.2) is 0 Å². The molecule has 0 bridgehead atoms. The van der Waals surface area contributed by atoms with Crippen molar-refractivity contribution in [1.29, 1.82) is 0 Å². The number of unbranched alkanes of at least 4 members (excludes halogenated alkanes) is 5. The molecule has 15 heavy (non-hydrogen) atoms. The average Bonchev–Trinajstić information content (AvgIpc) is 2.27. The maximum Gasteiger partial charge on any atom is 0.330 e. The minimum Gasteiger partial charge on any atom is -0.312 e. The standard InChI is InChI=1S/C11H23O3P/c1-4-5-6-7-8-9-10-11-15(12,13-2)14-3/h4H,1,5-11H2,2-3H3. The van der Waals surface area contributed by atoms with Crippen molar-refractivity contribution < 1.29 is 13.6 Å². The molecule has 0 N–H and O–H groups in total. The summed E-state index contributed by atoms with van der Waals surface area (Å²) in [5.74, 6) is 0. The van der Waals surface area contributed by atoms with Crippen molar-refractivity contribution in [3.8, 4) is 0 Å². The van der Waals surface area contributed by atoms with Gasteiger partial charge in [-0.3, -0.25) is 4.57 Å². The molecule has 0 rings (SSSR count). The van der Waals surface area contributed by atoms with E-state index in [1.54, 1.807) is 0 Å². The summed E-state index contributed by atoms with van der Waals surface area (Å²) >= 11 is 0. The van der Waals surface area contributed by atoms with Crippen molar-refractivity contribution in [2.24, 2.45) is 0 Å². The maximum atomic E-state index is 11.6. The third kappa shape index (κ3) is 7.78. The van der Waals surface area contributed by atoms with Crippen molar-refractivity contribution in [1.82, 2.24) is 0 Å². The van der Waals surface area contributed by atoms with Crippen LogP contribution >= 0.6 is 7.60 Å². The molecule has 4 heteroatoms. The minimum absolute atomic E-state index is 0.529. The Morgan fingerprint density at radius 3 is 2.13 bits per heavy atom. The van der Waals surface area contributed by atoms with E-state index < -0.39 is 7.60 Å². The van der Waals surface area contributed by atoms with Gasteiger partial charge in [0.25, 0.3) is 0 Å². The predicted octanol–water partition coefficient (Wildman–Crippen LogP) is 4.00. The lowest BCUT2D eigenvalue weighted by Crippen LogP contribution is -1.94. The van der Waals surface area contributed by atoms with E-state index in [-0.39, 0.29) is 0 Å².